The van der Waals surface area contributed by atoms with E-state index in [4.69, 9.17) is 4.74 Å². The van der Waals surface area contributed by atoms with Crippen molar-refractivity contribution in [2.24, 2.45) is 11.3 Å². The molecule has 2 aliphatic carbocycles. The molecule has 0 amide bonds. The minimum atomic E-state index is 0.0771. The summed E-state index contributed by atoms with van der Waals surface area (Å²) in [5, 5.41) is 9.93. The Morgan fingerprint density at radius 3 is 2.80 bits per heavy atom. The second-order valence-electron chi connectivity index (χ2n) is 7.20. The lowest BCUT2D eigenvalue weighted by molar-refractivity contribution is -0.0179. The van der Waals surface area contributed by atoms with E-state index in [1.165, 1.54) is 30.4 Å². The van der Waals surface area contributed by atoms with Crippen LogP contribution in [0.1, 0.15) is 50.7 Å². The summed E-state index contributed by atoms with van der Waals surface area (Å²) in [4.78, 5) is 0. The smallest absolute Gasteiger partial charge is 0.119 e. The Morgan fingerprint density at radius 1 is 1.30 bits per heavy atom. The average Bonchev–Trinajstić information content (AvgIpc) is 2.46. The van der Waals surface area contributed by atoms with Crippen LogP contribution in [-0.2, 0) is 11.8 Å². The van der Waals surface area contributed by atoms with Crippen molar-refractivity contribution < 1.29 is 9.84 Å². The number of aliphatic hydroxyl groups excluding tert-OH is 1. The van der Waals surface area contributed by atoms with Crippen molar-refractivity contribution in [3.63, 3.8) is 0 Å². The third-order valence-electron chi connectivity index (χ3n) is 6.05. The Kier molecular flexibility index (Phi) is 3.32. The largest absolute Gasteiger partial charge is 0.497 e. The second-order valence-corrected chi connectivity index (χ2v) is 7.20. The summed E-state index contributed by atoms with van der Waals surface area (Å²) in [7, 11) is 1.74. The normalized spacial score (nSPS) is 36.1. The molecule has 20 heavy (non-hydrogen) atoms. The van der Waals surface area contributed by atoms with Crippen LogP contribution in [0.25, 0.3) is 0 Å². The standard InChI is InChI=1S/C18H26O2/c1-17(12-19)9-4-10-18(2)15-11-14(20-3)7-5-13(15)6-8-16(17)18/h5,7,11,16,19H,4,6,8-10,12H2,1-3H3/t16-,17-,18-/m1/s1. The molecule has 0 radical (unpaired) electrons. The molecule has 0 aliphatic heterocycles. The van der Waals surface area contributed by atoms with Crippen LogP contribution in [0.5, 0.6) is 5.75 Å². The highest BCUT2D eigenvalue weighted by Gasteiger charge is 2.51. The van der Waals surface area contributed by atoms with Gasteiger partial charge in [0.15, 0.2) is 0 Å². The Bertz CT molecular complexity index is 510. The minimum absolute atomic E-state index is 0.0771. The fourth-order valence-electron chi connectivity index (χ4n) is 4.89. The molecule has 1 fully saturated rings. The lowest BCUT2D eigenvalue weighted by Crippen LogP contribution is -2.50. The van der Waals surface area contributed by atoms with Gasteiger partial charge in [-0.15, -0.1) is 0 Å². The van der Waals surface area contributed by atoms with Crippen molar-refractivity contribution in [3.05, 3.63) is 29.3 Å². The van der Waals surface area contributed by atoms with E-state index in [2.05, 4.69) is 32.0 Å². The summed E-state index contributed by atoms with van der Waals surface area (Å²) in [6.45, 7) is 5.00. The first-order valence-electron chi connectivity index (χ1n) is 7.82. The van der Waals surface area contributed by atoms with Crippen LogP contribution in [0.4, 0.5) is 0 Å². The molecule has 0 saturated heterocycles. The number of aliphatic hydroxyl groups is 1. The summed E-state index contributed by atoms with van der Waals surface area (Å²) in [6.07, 6.45) is 5.93. The van der Waals surface area contributed by atoms with Crippen LogP contribution in [-0.4, -0.2) is 18.8 Å². The van der Waals surface area contributed by atoms with Gasteiger partial charge in [0, 0.05) is 6.61 Å². The lowest BCUT2D eigenvalue weighted by Gasteiger charge is -2.55. The van der Waals surface area contributed by atoms with Crippen molar-refractivity contribution in [1.82, 2.24) is 0 Å². The molecule has 3 atom stereocenters. The van der Waals surface area contributed by atoms with Gasteiger partial charge in [0.2, 0.25) is 0 Å². The number of ether oxygens (including phenoxy) is 1. The van der Waals surface area contributed by atoms with Crippen molar-refractivity contribution in [2.45, 2.75) is 51.4 Å². The van der Waals surface area contributed by atoms with Crippen LogP contribution in [0.15, 0.2) is 18.2 Å². The van der Waals surface area contributed by atoms with E-state index in [9.17, 15) is 5.11 Å². The summed E-state index contributed by atoms with van der Waals surface area (Å²) >= 11 is 0. The molecule has 2 nitrogen and oxygen atoms in total. The summed E-state index contributed by atoms with van der Waals surface area (Å²) in [5.74, 6) is 1.54. The number of fused-ring (bicyclic) bond motifs is 3. The maximum absolute atomic E-state index is 9.93. The van der Waals surface area contributed by atoms with Crippen molar-refractivity contribution in [1.29, 1.82) is 0 Å². The zero-order valence-electron chi connectivity index (χ0n) is 12.9. The van der Waals surface area contributed by atoms with Gasteiger partial charge in [0.05, 0.1) is 7.11 Å². The summed E-state index contributed by atoms with van der Waals surface area (Å²) < 4.78 is 5.43. The van der Waals surface area contributed by atoms with E-state index >= 15 is 0 Å². The van der Waals surface area contributed by atoms with E-state index in [0.717, 1.165) is 18.6 Å². The Balaban J connectivity index is 2.09. The predicted octanol–water partition coefficient (Wildman–Crippen LogP) is 3.70. The fraction of sp³-hybridized carbons (Fsp3) is 0.667. The first-order valence-corrected chi connectivity index (χ1v) is 7.82. The first kappa shape index (κ1) is 13.9. The van der Waals surface area contributed by atoms with Gasteiger partial charge in [-0.05, 0) is 65.7 Å². The molecule has 1 aromatic carbocycles. The highest BCUT2D eigenvalue weighted by Crippen LogP contribution is 2.57. The first-order chi connectivity index (χ1) is 9.53. The lowest BCUT2D eigenvalue weighted by atomic mass is 9.50. The number of aryl methyl sites for hydroxylation is 1. The molecule has 0 unspecified atom stereocenters. The quantitative estimate of drug-likeness (QED) is 0.891. The molecule has 1 N–H and O–H groups in total. The topological polar surface area (TPSA) is 29.5 Å². The van der Waals surface area contributed by atoms with Crippen molar-refractivity contribution >= 4 is 0 Å². The molecule has 3 rings (SSSR count). The van der Waals surface area contributed by atoms with Gasteiger partial charge >= 0.3 is 0 Å². The molecule has 110 valence electrons. The maximum atomic E-state index is 9.93. The average molecular weight is 274 g/mol. The van der Waals surface area contributed by atoms with Crippen molar-refractivity contribution in [3.8, 4) is 5.75 Å². The van der Waals surface area contributed by atoms with Crippen LogP contribution in [0.3, 0.4) is 0 Å². The predicted molar refractivity (Wildman–Crippen MR) is 81.2 cm³/mol. The van der Waals surface area contributed by atoms with Gasteiger partial charge in [-0.1, -0.05) is 26.3 Å². The number of methoxy groups -OCH3 is 1. The van der Waals surface area contributed by atoms with Crippen molar-refractivity contribution in [2.75, 3.05) is 13.7 Å². The van der Waals surface area contributed by atoms with E-state index in [-0.39, 0.29) is 10.8 Å². The van der Waals surface area contributed by atoms with Crippen LogP contribution < -0.4 is 4.74 Å². The fourth-order valence-corrected chi connectivity index (χ4v) is 4.89. The molecule has 1 aromatic rings. The summed E-state index contributed by atoms with van der Waals surface area (Å²) in [6, 6.07) is 6.56. The van der Waals surface area contributed by atoms with Gasteiger partial charge in [-0.25, -0.2) is 0 Å². The van der Waals surface area contributed by atoms with E-state index in [0.29, 0.717) is 12.5 Å². The zero-order valence-corrected chi connectivity index (χ0v) is 12.9. The number of rotatable bonds is 2. The van der Waals surface area contributed by atoms with Crippen LogP contribution >= 0.6 is 0 Å². The van der Waals surface area contributed by atoms with Gasteiger partial charge in [-0.3, -0.25) is 0 Å². The third kappa shape index (κ3) is 1.88. The molecule has 0 bridgehead atoms. The summed E-state index contributed by atoms with van der Waals surface area (Å²) in [5.41, 5.74) is 3.21. The third-order valence-corrected chi connectivity index (χ3v) is 6.05. The van der Waals surface area contributed by atoms with Crippen LogP contribution in [0, 0.1) is 11.3 Å². The second kappa shape index (κ2) is 4.77. The molecule has 0 spiro atoms. The highest BCUT2D eigenvalue weighted by molar-refractivity contribution is 5.43. The van der Waals surface area contributed by atoms with Gasteiger partial charge in [-0.2, -0.15) is 0 Å². The molecule has 1 saturated carbocycles. The minimum Gasteiger partial charge on any atom is -0.497 e. The maximum Gasteiger partial charge on any atom is 0.119 e. The molecule has 2 aliphatic rings. The molecule has 2 heteroatoms. The van der Waals surface area contributed by atoms with Gasteiger partial charge in [0.25, 0.3) is 0 Å². The number of benzene rings is 1. The highest BCUT2D eigenvalue weighted by atomic mass is 16.5. The number of hydrogen-bond acceptors (Lipinski definition) is 2. The van der Waals surface area contributed by atoms with E-state index < -0.39 is 0 Å². The molecule has 0 heterocycles. The Labute approximate surface area is 122 Å². The van der Waals surface area contributed by atoms with Gasteiger partial charge in [0.1, 0.15) is 5.75 Å². The zero-order chi connectivity index (χ0) is 14.4. The molecule has 0 aromatic heterocycles. The van der Waals surface area contributed by atoms with E-state index in [1.807, 2.05) is 0 Å². The Morgan fingerprint density at radius 2 is 2.10 bits per heavy atom. The molecular formula is C18H26O2. The van der Waals surface area contributed by atoms with Crippen LogP contribution in [0.2, 0.25) is 0 Å². The Hall–Kier alpha value is -1.02. The monoisotopic (exact) mass is 274 g/mol. The van der Waals surface area contributed by atoms with Gasteiger partial charge < -0.3 is 9.84 Å². The molecular weight excluding hydrogens is 248 g/mol. The number of hydrogen-bond donors (Lipinski definition) is 1. The van der Waals surface area contributed by atoms with E-state index in [1.54, 1.807) is 7.11 Å². The SMILES string of the molecule is COc1ccc2c(c1)[C@@]1(C)CCC[C@](C)(CO)[C@H]1CC2.